The van der Waals surface area contributed by atoms with Gasteiger partial charge < -0.3 is 15.2 Å². The van der Waals surface area contributed by atoms with Crippen LogP contribution in [-0.4, -0.2) is 65.0 Å². The van der Waals surface area contributed by atoms with E-state index in [0.29, 0.717) is 19.2 Å². The third-order valence-electron chi connectivity index (χ3n) is 5.15. The van der Waals surface area contributed by atoms with Crippen LogP contribution in [0, 0.1) is 0 Å². The molecule has 2 aliphatic rings. The van der Waals surface area contributed by atoms with Crippen molar-refractivity contribution in [1.29, 1.82) is 0 Å². The Bertz CT molecular complexity index is 513. The Morgan fingerprint density at radius 2 is 2.27 bits per heavy atom. The summed E-state index contributed by atoms with van der Waals surface area (Å²) in [6.07, 6.45) is 6.72. The first kappa shape index (κ1) is 15.8. The maximum absolute atomic E-state index is 9.96. The first-order valence-corrected chi connectivity index (χ1v) is 8.11. The fourth-order valence-corrected chi connectivity index (χ4v) is 3.47. The van der Waals surface area contributed by atoms with Crippen molar-refractivity contribution in [3.8, 4) is 0 Å². The molecule has 0 saturated carbocycles. The number of morpholine rings is 1. The summed E-state index contributed by atoms with van der Waals surface area (Å²) in [5.41, 5.74) is 1.80. The summed E-state index contributed by atoms with van der Waals surface area (Å²) in [5.74, 6) is 0. The summed E-state index contributed by atoms with van der Waals surface area (Å²) in [4.78, 5) is 11.2. The van der Waals surface area contributed by atoms with Crippen molar-refractivity contribution >= 4 is 0 Å². The standard InChI is InChI=1S/C16H26N4O2/c1-12-8-22-11-16(10-21,20(12)2)9-19-14-5-3-4-13-15(14)18-7-6-17-13/h6-7,12,14,19,21H,3-5,8-11H2,1-2H3/t12-,14?,16+/m1/s1. The minimum Gasteiger partial charge on any atom is -0.394 e. The van der Waals surface area contributed by atoms with E-state index in [2.05, 4.69) is 34.2 Å². The van der Waals surface area contributed by atoms with E-state index in [0.717, 1.165) is 37.3 Å². The SMILES string of the molecule is C[C@@H]1COC[C@@](CO)(CNC2CCCc3nccnc32)N1C. The van der Waals surface area contributed by atoms with Gasteiger partial charge in [0, 0.05) is 25.0 Å². The Labute approximate surface area is 131 Å². The van der Waals surface area contributed by atoms with Gasteiger partial charge >= 0.3 is 0 Å². The average Bonchev–Trinajstić information content (AvgIpc) is 2.56. The number of fused-ring (bicyclic) bond motifs is 1. The second-order valence-electron chi connectivity index (χ2n) is 6.57. The van der Waals surface area contributed by atoms with Crippen LogP contribution in [0.4, 0.5) is 0 Å². The van der Waals surface area contributed by atoms with Crippen LogP contribution in [0.1, 0.15) is 37.2 Å². The highest BCUT2D eigenvalue weighted by Gasteiger charge is 2.41. The molecule has 1 aromatic rings. The Kier molecular flexibility index (Phi) is 4.73. The van der Waals surface area contributed by atoms with Gasteiger partial charge in [0.2, 0.25) is 0 Å². The van der Waals surface area contributed by atoms with Crippen LogP contribution < -0.4 is 5.32 Å². The van der Waals surface area contributed by atoms with E-state index in [1.807, 2.05) is 0 Å². The van der Waals surface area contributed by atoms with Crippen molar-refractivity contribution in [2.45, 2.75) is 43.8 Å². The molecule has 1 unspecified atom stereocenters. The fraction of sp³-hybridized carbons (Fsp3) is 0.750. The van der Waals surface area contributed by atoms with Gasteiger partial charge in [-0.1, -0.05) is 0 Å². The predicted octanol–water partition coefficient (Wildman–Crippen LogP) is 0.525. The Balaban J connectivity index is 1.71. The van der Waals surface area contributed by atoms with E-state index in [9.17, 15) is 5.11 Å². The fourth-order valence-electron chi connectivity index (χ4n) is 3.47. The molecule has 1 aliphatic heterocycles. The van der Waals surface area contributed by atoms with E-state index < -0.39 is 0 Å². The lowest BCUT2D eigenvalue weighted by Gasteiger charge is -2.48. The number of likely N-dealkylation sites (N-methyl/N-ethyl adjacent to an activating group) is 1. The Hall–Kier alpha value is -1.08. The van der Waals surface area contributed by atoms with Crippen LogP contribution >= 0.6 is 0 Å². The van der Waals surface area contributed by atoms with E-state index in [-0.39, 0.29) is 18.2 Å². The quantitative estimate of drug-likeness (QED) is 0.845. The van der Waals surface area contributed by atoms with Gasteiger partial charge in [-0.2, -0.15) is 0 Å². The van der Waals surface area contributed by atoms with Gasteiger partial charge in [-0.25, -0.2) is 0 Å². The van der Waals surface area contributed by atoms with Crippen molar-refractivity contribution in [2.75, 3.05) is 33.4 Å². The summed E-state index contributed by atoms with van der Waals surface area (Å²) in [5, 5.41) is 13.6. The Morgan fingerprint density at radius 1 is 1.45 bits per heavy atom. The van der Waals surface area contributed by atoms with Gasteiger partial charge in [-0.15, -0.1) is 0 Å². The second kappa shape index (κ2) is 6.58. The smallest absolute Gasteiger partial charge is 0.0802 e. The maximum atomic E-state index is 9.96. The van der Waals surface area contributed by atoms with Crippen LogP contribution in [-0.2, 0) is 11.2 Å². The molecule has 1 aliphatic carbocycles. The zero-order valence-electron chi connectivity index (χ0n) is 13.5. The minimum atomic E-state index is -0.364. The number of nitrogens with one attached hydrogen (secondary N) is 1. The molecular formula is C16H26N4O2. The number of hydrogen-bond donors (Lipinski definition) is 2. The van der Waals surface area contributed by atoms with Gasteiger partial charge in [0.1, 0.15) is 0 Å². The monoisotopic (exact) mass is 306 g/mol. The summed E-state index contributed by atoms with van der Waals surface area (Å²) >= 11 is 0. The molecule has 2 N–H and O–H groups in total. The number of ether oxygens (including phenoxy) is 1. The second-order valence-corrected chi connectivity index (χ2v) is 6.57. The normalized spacial score (nSPS) is 32.7. The third kappa shape index (κ3) is 2.88. The molecule has 6 heteroatoms. The molecule has 0 radical (unpaired) electrons. The molecule has 3 atom stereocenters. The minimum absolute atomic E-state index is 0.0842. The molecule has 1 fully saturated rings. The molecular weight excluding hydrogens is 280 g/mol. The molecule has 0 bridgehead atoms. The number of aromatic nitrogens is 2. The third-order valence-corrected chi connectivity index (χ3v) is 5.15. The lowest BCUT2D eigenvalue weighted by atomic mass is 9.92. The summed E-state index contributed by atoms with van der Waals surface area (Å²) in [6.45, 7) is 4.17. The average molecular weight is 306 g/mol. The zero-order valence-corrected chi connectivity index (χ0v) is 13.5. The van der Waals surface area contributed by atoms with Crippen molar-refractivity contribution < 1.29 is 9.84 Å². The zero-order chi connectivity index (χ0) is 15.6. The molecule has 1 aromatic heterocycles. The van der Waals surface area contributed by atoms with Crippen molar-refractivity contribution in [3.63, 3.8) is 0 Å². The number of aliphatic hydroxyl groups excluding tert-OH is 1. The Morgan fingerprint density at radius 3 is 3.09 bits per heavy atom. The summed E-state index contributed by atoms with van der Waals surface area (Å²) in [6, 6.07) is 0.521. The molecule has 0 aromatic carbocycles. The number of rotatable bonds is 4. The van der Waals surface area contributed by atoms with E-state index in [4.69, 9.17) is 4.74 Å². The first-order valence-electron chi connectivity index (χ1n) is 8.11. The molecule has 6 nitrogen and oxygen atoms in total. The van der Waals surface area contributed by atoms with Gasteiger partial charge in [0.05, 0.1) is 42.8 Å². The maximum Gasteiger partial charge on any atom is 0.0802 e. The number of aliphatic hydroxyl groups is 1. The summed E-state index contributed by atoms with van der Waals surface area (Å²) < 4.78 is 5.70. The van der Waals surface area contributed by atoms with Crippen LogP contribution in [0.25, 0.3) is 0 Å². The highest BCUT2D eigenvalue weighted by Crippen LogP contribution is 2.28. The molecule has 1 saturated heterocycles. The topological polar surface area (TPSA) is 70.5 Å². The lowest BCUT2D eigenvalue weighted by Crippen LogP contribution is -2.65. The highest BCUT2D eigenvalue weighted by molar-refractivity contribution is 5.18. The molecule has 3 rings (SSSR count). The van der Waals surface area contributed by atoms with E-state index in [1.54, 1.807) is 12.4 Å². The molecule has 2 heterocycles. The molecule has 22 heavy (non-hydrogen) atoms. The van der Waals surface area contributed by atoms with Crippen LogP contribution in [0.3, 0.4) is 0 Å². The number of hydrogen-bond acceptors (Lipinski definition) is 6. The largest absolute Gasteiger partial charge is 0.394 e. The number of aryl methyl sites for hydroxylation is 1. The van der Waals surface area contributed by atoms with Gasteiger partial charge in [0.25, 0.3) is 0 Å². The molecule has 0 amide bonds. The first-order chi connectivity index (χ1) is 10.7. The molecule has 122 valence electrons. The van der Waals surface area contributed by atoms with Crippen LogP contribution in [0.2, 0.25) is 0 Å². The van der Waals surface area contributed by atoms with Crippen LogP contribution in [0.5, 0.6) is 0 Å². The van der Waals surface area contributed by atoms with E-state index in [1.165, 1.54) is 0 Å². The van der Waals surface area contributed by atoms with Crippen molar-refractivity contribution in [1.82, 2.24) is 20.2 Å². The predicted molar refractivity (Wildman–Crippen MR) is 83.6 cm³/mol. The van der Waals surface area contributed by atoms with Crippen molar-refractivity contribution in [3.05, 3.63) is 23.8 Å². The lowest BCUT2D eigenvalue weighted by molar-refractivity contribution is -0.107. The summed E-state index contributed by atoms with van der Waals surface area (Å²) in [7, 11) is 2.07. The number of nitrogens with zero attached hydrogens (tertiary/aromatic N) is 3. The van der Waals surface area contributed by atoms with Crippen molar-refractivity contribution in [2.24, 2.45) is 0 Å². The van der Waals surface area contributed by atoms with Gasteiger partial charge in [0.15, 0.2) is 0 Å². The van der Waals surface area contributed by atoms with Gasteiger partial charge in [-0.3, -0.25) is 14.9 Å². The highest BCUT2D eigenvalue weighted by atomic mass is 16.5. The van der Waals surface area contributed by atoms with E-state index >= 15 is 0 Å². The van der Waals surface area contributed by atoms with Gasteiger partial charge in [-0.05, 0) is 33.2 Å². The molecule has 0 spiro atoms. The van der Waals surface area contributed by atoms with Crippen LogP contribution in [0.15, 0.2) is 12.4 Å².